The van der Waals surface area contributed by atoms with Gasteiger partial charge in [0.2, 0.25) is 0 Å². The molecule has 1 atom stereocenters. The molecular weight excluding hydrogens is 372 g/mol. The molecule has 1 saturated heterocycles. The number of carbonyl (C=O) groups is 1. The van der Waals surface area contributed by atoms with E-state index in [2.05, 4.69) is 15.1 Å². The molecule has 1 aromatic carbocycles. The Hall–Kier alpha value is -2.74. The molecule has 3 heterocycles. The van der Waals surface area contributed by atoms with Crippen LogP contribution in [-0.4, -0.2) is 73.4 Å². The molecule has 1 fully saturated rings. The van der Waals surface area contributed by atoms with E-state index in [-0.39, 0.29) is 11.8 Å². The molecule has 8 heteroatoms. The summed E-state index contributed by atoms with van der Waals surface area (Å²) in [6.07, 6.45) is 3.73. The molecule has 1 aromatic heterocycles. The van der Waals surface area contributed by atoms with Gasteiger partial charge in [0.1, 0.15) is 19.0 Å². The number of fused-ring (bicyclic) bond motifs is 1. The van der Waals surface area contributed by atoms with Crippen molar-refractivity contribution in [2.45, 2.75) is 25.3 Å². The van der Waals surface area contributed by atoms with E-state index in [4.69, 9.17) is 14.2 Å². The van der Waals surface area contributed by atoms with Gasteiger partial charge < -0.3 is 19.1 Å². The maximum Gasteiger partial charge on any atom is 0.256 e. The standard InChI is InChI=1S/C21H28N4O4/c1-24(2)21(26)16-11-22-23-20(16)14-5-4-6-25(12-14)13-15-9-18-19(10-17(15)27-3)29-8-7-28-18/h9-11,14H,4-8,12-13H2,1-3H3,(H,22,23). The second-order valence-electron chi connectivity index (χ2n) is 7.78. The normalized spacial score (nSPS) is 19.1. The number of aromatic amines is 1. The Kier molecular flexibility index (Phi) is 5.62. The van der Waals surface area contributed by atoms with Crippen molar-refractivity contribution >= 4 is 5.91 Å². The summed E-state index contributed by atoms with van der Waals surface area (Å²) in [6.45, 7) is 3.72. The molecule has 0 saturated carbocycles. The third kappa shape index (κ3) is 4.03. The van der Waals surface area contributed by atoms with Gasteiger partial charge in [-0.25, -0.2) is 0 Å². The van der Waals surface area contributed by atoms with Gasteiger partial charge in [-0.15, -0.1) is 0 Å². The summed E-state index contributed by atoms with van der Waals surface area (Å²) in [4.78, 5) is 16.5. The van der Waals surface area contributed by atoms with Crippen LogP contribution in [0.15, 0.2) is 18.3 Å². The molecule has 29 heavy (non-hydrogen) atoms. The zero-order chi connectivity index (χ0) is 20.4. The van der Waals surface area contributed by atoms with Gasteiger partial charge in [-0.3, -0.25) is 14.8 Å². The van der Waals surface area contributed by atoms with E-state index in [1.165, 1.54) is 0 Å². The molecule has 0 bridgehead atoms. The number of carbonyl (C=O) groups excluding carboxylic acids is 1. The van der Waals surface area contributed by atoms with Gasteiger partial charge in [0, 0.05) is 44.7 Å². The van der Waals surface area contributed by atoms with Crippen molar-refractivity contribution in [3.05, 3.63) is 35.2 Å². The predicted octanol–water partition coefficient (Wildman–Crippen LogP) is 2.27. The van der Waals surface area contributed by atoms with E-state index in [9.17, 15) is 4.79 Å². The largest absolute Gasteiger partial charge is 0.496 e. The Labute approximate surface area is 170 Å². The van der Waals surface area contributed by atoms with Crippen molar-refractivity contribution in [2.75, 3.05) is 47.5 Å². The second kappa shape index (κ2) is 8.32. The number of piperidine rings is 1. The number of methoxy groups -OCH3 is 1. The lowest BCUT2D eigenvalue weighted by molar-refractivity contribution is 0.0825. The average molecular weight is 400 g/mol. The summed E-state index contributed by atoms with van der Waals surface area (Å²) in [6, 6.07) is 3.93. The van der Waals surface area contributed by atoms with Gasteiger partial charge in [-0.2, -0.15) is 5.10 Å². The summed E-state index contributed by atoms with van der Waals surface area (Å²) >= 11 is 0. The molecule has 8 nitrogen and oxygen atoms in total. The zero-order valence-electron chi connectivity index (χ0n) is 17.2. The topological polar surface area (TPSA) is 79.9 Å². The van der Waals surface area contributed by atoms with Crippen molar-refractivity contribution in [2.24, 2.45) is 0 Å². The minimum Gasteiger partial charge on any atom is -0.496 e. The highest BCUT2D eigenvalue weighted by atomic mass is 16.6. The lowest BCUT2D eigenvalue weighted by Gasteiger charge is -2.33. The lowest BCUT2D eigenvalue weighted by atomic mass is 9.92. The Morgan fingerprint density at radius 1 is 1.31 bits per heavy atom. The molecular formula is C21H28N4O4. The second-order valence-corrected chi connectivity index (χ2v) is 7.78. The van der Waals surface area contributed by atoms with Crippen molar-refractivity contribution in [3.8, 4) is 17.2 Å². The van der Waals surface area contributed by atoms with Crippen molar-refractivity contribution in [1.29, 1.82) is 0 Å². The quantitative estimate of drug-likeness (QED) is 0.829. The SMILES string of the molecule is COc1cc2c(cc1CN1CCCC(c3[nH]ncc3C(=O)N(C)C)C1)OCCO2. The van der Waals surface area contributed by atoms with Crippen LogP contribution in [0.5, 0.6) is 17.2 Å². The number of H-pyrrole nitrogens is 1. The molecule has 1 N–H and O–H groups in total. The zero-order valence-corrected chi connectivity index (χ0v) is 17.2. The van der Waals surface area contributed by atoms with Gasteiger partial charge in [0.05, 0.1) is 24.6 Å². The number of nitrogens with zero attached hydrogens (tertiary/aromatic N) is 3. The van der Waals surface area contributed by atoms with Gasteiger partial charge in [-0.05, 0) is 25.5 Å². The lowest BCUT2D eigenvalue weighted by Crippen LogP contribution is -2.35. The Morgan fingerprint density at radius 3 is 2.79 bits per heavy atom. The van der Waals surface area contributed by atoms with Crippen LogP contribution in [0.2, 0.25) is 0 Å². The molecule has 0 spiro atoms. The number of hydrogen-bond donors (Lipinski definition) is 1. The highest BCUT2D eigenvalue weighted by Crippen LogP contribution is 2.38. The molecule has 2 aliphatic heterocycles. The molecule has 156 valence electrons. The third-order valence-corrected chi connectivity index (χ3v) is 5.56. The number of amides is 1. The van der Waals surface area contributed by atoms with Gasteiger partial charge in [0.15, 0.2) is 11.5 Å². The van der Waals surface area contributed by atoms with Crippen LogP contribution in [-0.2, 0) is 6.54 Å². The monoisotopic (exact) mass is 400 g/mol. The third-order valence-electron chi connectivity index (χ3n) is 5.56. The molecule has 1 amide bonds. The average Bonchev–Trinajstić information content (AvgIpc) is 3.22. The Morgan fingerprint density at radius 2 is 2.07 bits per heavy atom. The molecule has 4 rings (SSSR count). The highest BCUT2D eigenvalue weighted by molar-refractivity contribution is 5.94. The van der Waals surface area contributed by atoms with E-state index in [0.29, 0.717) is 18.8 Å². The number of nitrogens with one attached hydrogen (secondary N) is 1. The number of benzene rings is 1. The summed E-state index contributed by atoms with van der Waals surface area (Å²) < 4.78 is 17.0. The summed E-state index contributed by atoms with van der Waals surface area (Å²) in [5.41, 5.74) is 2.67. The fraction of sp³-hybridized carbons (Fsp3) is 0.524. The molecule has 0 aliphatic carbocycles. The summed E-state index contributed by atoms with van der Waals surface area (Å²) in [7, 11) is 5.21. The molecule has 2 aliphatic rings. The van der Waals surface area contributed by atoms with E-state index in [1.54, 1.807) is 32.3 Å². The van der Waals surface area contributed by atoms with Gasteiger partial charge in [0.25, 0.3) is 5.91 Å². The number of hydrogen-bond acceptors (Lipinski definition) is 6. The van der Waals surface area contributed by atoms with Crippen LogP contribution < -0.4 is 14.2 Å². The molecule has 1 unspecified atom stereocenters. The highest BCUT2D eigenvalue weighted by Gasteiger charge is 2.28. The van der Waals surface area contributed by atoms with Crippen LogP contribution in [0.1, 0.15) is 40.4 Å². The Bertz CT molecular complexity index is 880. The van der Waals surface area contributed by atoms with Crippen molar-refractivity contribution in [1.82, 2.24) is 20.0 Å². The number of ether oxygens (including phenoxy) is 3. The number of aromatic nitrogens is 2. The maximum atomic E-state index is 12.5. The fourth-order valence-electron chi connectivity index (χ4n) is 4.12. The van der Waals surface area contributed by atoms with E-state index in [1.807, 2.05) is 12.1 Å². The van der Waals surface area contributed by atoms with Crippen molar-refractivity contribution in [3.63, 3.8) is 0 Å². The summed E-state index contributed by atoms with van der Waals surface area (Å²) in [5.74, 6) is 2.54. The minimum absolute atomic E-state index is 0.0145. The van der Waals surface area contributed by atoms with E-state index in [0.717, 1.165) is 61.0 Å². The number of rotatable bonds is 5. The van der Waals surface area contributed by atoms with Crippen LogP contribution in [0.3, 0.4) is 0 Å². The first-order valence-electron chi connectivity index (χ1n) is 10.0. The first kappa shape index (κ1) is 19.6. The first-order chi connectivity index (χ1) is 14.1. The van der Waals surface area contributed by atoms with Crippen LogP contribution >= 0.6 is 0 Å². The van der Waals surface area contributed by atoms with Crippen LogP contribution in [0.25, 0.3) is 0 Å². The fourth-order valence-corrected chi connectivity index (χ4v) is 4.12. The maximum absolute atomic E-state index is 12.5. The van der Waals surface area contributed by atoms with Gasteiger partial charge >= 0.3 is 0 Å². The smallest absolute Gasteiger partial charge is 0.256 e. The minimum atomic E-state index is -0.0145. The van der Waals surface area contributed by atoms with Crippen molar-refractivity contribution < 1.29 is 19.0 Å². The van der Waals surface area contributed by atoms with Crippen LogP contribution in [0.4, 0.5) is 0 Å². The van der Waals surface area contributed by atoms with E-state index < -0.39 is 0 Å². The van der Waals surface area contributed by atoms with E-state index >= 15 is 0 Å². The van der Waals surface area contributed by atoms with Gasteiger partial charge in [-0.1, -0.05) is 0 Å². The summed E-state index contributed by atoms with van der Waals surface area (Å²) in [5, 5.41) is 7.22. The molecule has 2 aromatic rings. The number of likely N-dealkylation sites (tertiary alicyclic amines) is 1. The predicted molar refractivity (Wildman–Crippen MR) is 108 cm³/mol. The Balaban J connectivity index is 1.52. The first-order valence-corrected chi connectivity index (χ1v) is 10.0. The van der Waals surface area contributed by atoms with Crippen LogP contribution in [0, 0.1) is 0 Å². The molecule has 0 radical (unpaired) electrons.